The van der Waals surface area contributed by atoms with Crippen LogP contribution in [0.5, 0.6) is 0 Å². The highest BCUT2D eigenvalue weighted by atomic mass is 16.6. The molecule has 4 nitrogen and oxygen atoms in total. The zero-order chi connectivity index (χ0) is 13.8. The van der Waals surface area contributed by atoms with E-state index >= 15 is 0 Å². The lowest BCUT2D eigenvalue weighted by molar-refractivity contribution is -0.125. The Kier molecular flexibility index (Phi) is 4.93. The maximum absolute atomic E-state index is 11.9. The minimum absolute atomic E-state index is 0.0810. The first kappa shape index (κ1) is 14.7. The molecule has 4 heteroatoms. The molecule has 1 aliphatic rings. The predicted molar refractivity (Wildman–Crippen MR) is 70.4 cm³/mol. The van der Waals surface area contributed by atoms with E-state index in [0.29, 0.717) is 25.9 Å². The van der Waals surface area contributed by atoms with Crippen molar-refractivity contribution >= 4 is 11.9 Å². The summed E-state index contributed by atoms with van der Waals surface area (Å²) in [6, 6.07) is 0. The minimum Gasteiger partial charge on any atom is -0.444 e. The first-order chi connectivity index (χ1) is 8.33. The summed E-state index contributed by atoms with van der Waals surface area (Å²) in [6.45, 7) is 8.41. The van der Waals surface area contributed by atoms with Gasteiger partial charge in [0.05, 0.1) is 0 Å². The molecular weight excluding hydrogens is 230 g/mol. The van der Waals surface area contributed by atoms with E-state index in [0.717, 1.165) is 0 Å². The largest absolute Gasteiger partial charge is 0.444 e. The van der Waals surface area contributed by atoms with Crippen molar-refractivity contribution in [3.05, 3.63) is 12.2 Å². The Bertz CT molecular complexity index is 341. The number of hydrogen-bond donors (Lipinski definition) is 0. The molecule has 0 radical (unpaired) electrons. The second-order valence-corrected chi connectivity index (χ2v) is 5.64. The fourth-order valence-electron chi connectivity index (χ4n) is 1.91. The summed E-state index contributed by atoms with van der Waals surface area (Å²) in [5, 5.41) is 0. The van der Waals surface area contributed by atoms with Crippen LogP contribution in [0.15, 0.2) is 12.2 Å². The van der Waals surface area contributed by atoms with E-state index in [4.69, 9.17) is 4.74 Å². The molecule has 102 valence electrons. The van der Waals surface area contributed by atoms with Crippen molar-refractivity contribution in [2.45, 2.75) is 46.1 Å². The second-order valence-electron chi connectivity index (χ2n) is 5.64. The molecule has 1 atom stereocenters. The normalized spacial score (nSPS) is 21.4. The zero-order valence-electron chi connectivity index (χ0n) is 11.7. The van der Waals surface area contributed by atoms with Crippen LogP contribution in [0.3, 0.4) is 0 Å². The molecule has 0 aromatic heterocycles. The van der Waals surface area contributed by atoms with Gasteiger partial charge in [0, 0.05) is 25.4 Å². The lowest BCUT2D eigenvalue weighted by Gasteiger charge is -2.33. The average molecular weight is 253 g/mol. The van der Waals surface area contributed by atoms with Gasteiger partial charge in [0.15, 0.2) is 0 Å². The molecule has 0 bridgehead atoms. The van der Waals surface area contributed by atoms with Gasteiger partial charge in [-0.2, -0.15) is 0 Å². The number of carbonyl (C=O) groups excluding carboxylic acids is 2. The van der Waals surface area contributed by atoms with Crippen LogP contribution in [-0.2, 0) is 9.53 Å². The van der Waals surface area contributed by atoms with E-state index in [2.05, 4.69) is 0 Å². The summed E-state index contributed by atoms with van der Waals surface area (Å²) in [4.78, 5) is 25.3. The quantitative estimate of drug-likeness (QED) is 0.711. The van der Waals surface area contributed by atoms with Crippen LogP contribution in [0.25, 0.3) is 0 Å². The number of rotatable bonds is 2. The molecule has 0 aromatic rings. The summed E-state index contributed by atoms with van der Waals surface area (Å²) in [5.41, 5.74) is -0.489. The van der Waals surface area contributed by atoms with Crippen LogP contribution in [0.4, 0.5) is 4.79 Å². The first-order valence-corrected chi connectivity index (χ1v) is 6.45. The molecule has 0 aromatic carbocycles. The number of hydrogen-bond acceptors (Lipinski definition) is 3. The fourth-order valence-corrected chi connectivity index (χ4v) is 1.91. The van der Waals surface area contributed by atoms with Crippen LogP contribution < -0.4 is 0 Å². The summed E-state index contributed by atoms with van der Waals surface area (Å²) >= 11 is 0. The zero-order valence-corrected chi connectivity index (χ0v) is 11.7. The molecule has 1 unspecified atom stereocenters. The molecule has 0 N–H and O–H groups in total. The molecular formula is C14H23NO3. The van der Waals surface area contributed by atoms with Gasteiger partial charge in [0.25, 0.3) is 0 Å². The summed E-state index contributed by atoms with van der Waals surface area (Å²) in [5.74, 6) is 0.162. The smallest absolute Gasteiger partial charge is 0.410 e. The maximum Gasteiger partial charge on any atom is 0.410 e. The summed E-state index contributed by atoms with van der Waals surface area (Å²) in [6.07, 6.45) is 4.72. The van der Waals surface area contributed by atoms with E-state index in [9.17, 15) is 9.59 Å². The Morgan fingerprint density at radius 2 is 2.17 bits per heavy atom. The van der Waals surface area contributed by atoms with Gasteiger partial charge in [-0.25, -0.2) is 4.79 Å². The summed E-state index contributed by atoms with van der Waals surface area (Å²) in [7, 11) is 0. The van der Waals surface area contributed by atoms with Crippen LogP contribution in [0.1, 0.15) is 40.5 Å². The number of piperidine rings is 1. The molecule has 1 rings (SSSR count). The Labute approximate surface area is 109 Å². The lowest BCUT2D eigenvalue weighted by atomic mass is 9.93. The average Bonchev–Trinajstić information content (AvgIpc) is 2.25. The predicted octanol–water partition coefficient (Wildman–Crippen LogP) is 2.78. The maximum atomic E-state index is 11.9. The number of likely N-dealkylation sites (tertiary alicyclic amines) is 1. The van der Waals surface area contributed by atoms with Crippen molar-refractivity contribution in [2.75, 3.05) is 13.1 Å². The van der Waals surface area contributed by atoms with Crippen molar-refractivity contribution in [2.24, 2.45) is 5.92 Å². The molecule has 18 heavy (non-hydrogen) atoms. The third-order valence-corrected chi connectivity index (χ3v) is 2.83. The van der Waals surface area contributed by atoms with Crippen molar-refractivity contribution in [1.29, 1.82) is 0 Å². The Hall–Kier alpha value is -1.32. The van der Waals surface area contributed by atoms with E-state index in [-0.39, 0.29) is 17.8 Å². The number of allylic oxidation sites excluding steroid dienone is 2. The molecule has 0 aliphatic carbocycles. The van der Waals surface area contributed by atoms with Crippen LogP contribution >= 0.6 is 0 Å². The van der Waals surface area contributed by atoms with Crippen LogP contribution in [0.2, 0.25) is 0 Å². The molecule has 1 heterocycles. The van der Waals surface area contributed by atoms with Gasteiger partial charge in [0.2, 0.25) is 0 Å². The molecule has 1 aliphatic heterocycles. The fraction of sp³-hybridized carbons (Fsp3) is 0.714. The second kappa shape index (κ2) is 6.03. The molecule has 0 spiro atoms. The van der Waals surface area contributed by atoms with Gasteiger partial charge in [-0.3, -0.25) is 4.79 Å². The number of ketones is 1. The standard InChI is InChI=1S/C14H23NO3/c1-5-6-7-11-10-15(9-8-12(11)16)13(17)18-14(2,3)4/h5-6,11H,7-10H2,1-4H3. The van der Waals surface area contributed by atoms with Crippen LogP contribution in [-0.4, -0.2) is 35.5 Å². The molecule has 1 saturated heterocycles. The number of ether oxygens (including phenoxy) is 1. The topological polar surface area (TPSA) is 46.6 Å². The van der Waals surface area contributed by atoms with Gasteiger partial charge in [-0.15, -0.1) is 0 Å². The van der Waals surface area contributed by atoms with Crippen molar-refractivity contribution in [3.63, 3.8) is 0 Å². The Morgan fingerprint density at radius 1 is 1.50 bits per heavy atom. The molecule has 0 saturated carbocycles. The highest BCUT2D eigenvalue weighted by Crippen LogP contribution is 2.19. The first-order valence-electron chi connectivity index (χ1n) is 6.45. The van der Waals surface area contributed by atoms with Gasteiger partial charge in [-0.1, -0.05) is 12.2 Å². The van der Waals surface area contributed by atoms with Gasteiger partial charge in [0.1, 0.15) is 11.4 Å². The molecule has 1 amide bonds. The number of amides is 1. The SMILES string of the molecule is CC=CCC1CN(C(=O)OC(C)(C)C)CCC1=O. The van der Waals surface area contributed by atoms with Gasteiger partial charge >= 0.3 is 6.09 Å². The van der Waals surface area contributed by atoms with Crippen LogP contribution in [0, 0.1) is 5.92 Å². The third-order valence-electron chi connectivity index (χ3n) is 2.83. The Morgan fingerprint density at radius 3 is 2.72 bits per heavy atom. The minimum atomic E-state index is -0.489. The van der Waals surface area contributed by atoms with Crippen molar-refractivity contribution in [1.82, 2.24) is 4.90 Å². The highest BCUT2D eigenvalue weighted by Gasteiger charge is 2.31. The number of Topliss-reactive ketones (excluding diaryl/α,β-unsaturated/α-hetero) is 1. The van der Waals surface area contributed by atoms with Crippen molar-refractivity contribution < 1.29 is 14.3 Å². The van der Waals surface area contributed by atoms with Gasteiger partial charge < -0.3 is 9.64 Å². The van der Waals surface area contributed by atoms with E-state index < -0.39 is 5.60 Å². The highest BCUT2D eigenvalue weighted by molar-refractivity contribution is 5.84. The van der Waals surface area contributed by atoms with E-state index in [1.54, 1.807) is 4.90 Å². The number of carbonyl (C=O) groups is 2. The van der Waals surface area contributed by atoms with Gasteiger partial charge in [-0.05, 0) is 34.1 Å². The molecule has 1 fully saturated rings. The van der Waals surface area contributed by atoms with E-state index in [1.807, 2.05) is 39.8 Å². The third kappa shape index (κ3) is 4.51. The number of nitrogens with zero attached hydrogens (tertiary/aromatic N) is 1. The lowest BCUT2D eigenvalue weighted by Crippen LogP contribution is -2.46. The monoisotopic (exact) mass is 253 g/mol. The summed E-state index contributed by atoms with van der Waals surface area (Å²) < 4.78 is 5.32. The van der Waals surface area contributed by atoms with E-state index in [1.165, 1.54) is 0 Å². The van der Waals surface area contributed by atoms with Crippen molar-refractivity contribution in [3.8, 4) is 0 Å². The Balaban J connectivity index is 2.58.